The van der Waals surface area contributed by atoms with Gasteiger partial charge in [-0.15, -0.1) is 0 Å². The standard InChI is InChI=1S/C17H27N5O/c1-3-5-10-19-16-13(8-6-7-9-15(18)23)11-20-17-14(16)12-21-22(17)4-2/h11-12H,3-10H2,1-2H3,(H2,18,23)(H,19,20). The van der Waals surface area contributed by atoms with Gasteiger partial charge in [-0.2, -0.15) is 5.10 Å². The number of anilines is 1. The van der Waals surface area contributed by atoms with Crippen molar-refractivity contribution >= 4 is 22.6 Å². The molecule has 0 radical (unpaired) electrons. The Morgan fingerprint density at radius 1 is 1.26 bits per heavy atom. The fourth-order valence-electron chi connectivity index (χ4n) is 2.70. The summed E-state index contributed by atoms with van der Waals surface area (Å²) in [5.41, 5.74) is 8.45. The molecule has 0 spiro atoms. The summed E-state index contributed by atoms with van der Waals surface area (Å²) in [5.74, 6) is -0.232. The van der Waals surface area contributed by atoms with Gasteiger partial charge in [0.15, 0.2) is 5.65 Å². The van der Waals surface area contributed by atoms with Crippen LogP contribution < -0.4 is 11.1 Å². The van der Waals surface area contributed by atoms with Gasteiger partial charge < -0.3 is 11.1 Å². The molecule has 126 valence electrons. The average molecular weight is 317 g/mol. The van der Waals surface area contributed by atoms with Crippen LogP contribution in [0.4, 0.5) is 5.69 Å². The number of amides is 1. The van der Waals surface area contributed by atoms with Crippen molar-refractivity contribution in [2.75, 3.05) is 11.9 Å². The van der Waals surface area contributed by atoms with Gasteiger partial charge in [-0.1, -0.05) is 13.3 Å². The smallest absolute Gasteiger partial charge is 0.217 e. The number of nitrogens with two attached hydrogens (primary N) is 1. The van der Waals surface area contributed by atoms with Crippen molar-refractivity contribution in [1.82, 2.24) is 14.8 Å². The molecule has 2 heterocycles. The molecule has 0 bridgehead atoms. The normalized spacial score (nSPS) is 11.0. The maximum Gasteiger partial charge on any atom is 0.217 e. The van der Waals surface area contributed by atoms with Crippen LogP contribution in [-0.4, -0.2) is 27.2 Å². The summed E-state index contributed by atoms with van der Waals surface area (Å²) < 4.78 is 1.91. The van der Waals surface area contributed by atoms with Crippen molar-refractivity contribution in [3.63, 3.8) is 0 Å². The third-order valence-corrected chi connectivity index (χ3v) is 4.00. The highest BCUT2D eigenvalue weighted by Crippen LogP contribution is 2.27. The molecule has 2 rings (SSSR count). The van der Waals surface area contributed by atoms with Gasteiger partial charge in [-0.25, -0.2) is 9.67 Å². The number of nitrogens with zero attached hydrogens (tertiary/aromatic N) is 3. The van der Waals surface area contributed by atoms with Crippen molar-refractivity contribution in [2.24, 2.45) is 5.73 Å². The van der Waals surface area contributed by atoms with Crippen molar-refractivity contribution in [3.05, 3.63) is 18.0 Å². The Labute approximate surface area is 137 Å². The number of unbranched alkanes of at least 4 members (excludes halogenated alkanes) is 2. The van der Waals surface area contributed by atoms with Crippen LogP contribution in [0, 0.1) is 0 Å². The fraction of sp³-hybridized carbons (Fsp3) is 0.588. The van der Waals surface area contributed by atoms with E-state index in [2.05, 4.69) is 29.2 Å². The molecule has 0 aliphatic rings. The monoisotopic (exact) mass is 317 g/mol. The zero-order chi connectivity index (χ0) is 16.7. The molecule has 0 fully saturated rings. The van der Waals surface area contributed by atoms with E-state index in [4.69, 9.17) is 5.73 Å². The molecule has 6 heteroatoms. The lowest BCUT2D eigenvalue weighted by Crippen LogP contribution is -2.10. The first-order valence-corrected chi connectivity index (χ1v) is 8.52. The van der Waals surface area contributed by atoms with E-state index < -0.39 is 0 Å². The molecule has 0 saturated heterocycles. The third-order valence-electron chi connectivity index (χ3n) is 4.00. The highest BCUT2D eigenvalue weighted by atomic mass is 16.1. The van der Waals surface area contributed by atoms with Crippen LogP contribution in [0.15, 0.2) is 12.4 Å². The number of primary amides is 1. The first kappa shape index (κ1) is 17.2. The van der Waals surface area contributed by atoms with Crippen LogP contribution in [0.25, 0.3) is 11.0 Å². The highest BCUT2D eigenvalue weighted by Gasteiger charge is 2.12. The minimum atomic E-state index is -0.232. The summed E-state index contributed by atoms with van der Waals surface area (Å²) in [6.07, 6.45) is 9.21. The fourth-order valence-corrected chi connectivity index (χ4v) is 2.70. The number of aromatic nitrogens is 3. The van der Waals surface area contributed by atoms with Crippen LogP contribution in [0.2, 0.25) is 0 Å². The van der Waals surface area contributed by atoms with Crippen molar-refractivity contribution < 1.29 is 4.79 Å². The van der Waals surface area contributed by atoms with Crippen LogP contribution in [0.3, 0.4) is 0 Å². The second kappa shape index (κ2) is 8.50. The van der Waals surface area contributed by atoms with E-state index in [0.717, 1.165) is 61.9 Å². The first-order chi connectivity index (χ1) is 11.2. The summed E-state index contributed by atoms with van der Waals surface area (Å²) in [5, 5.41) is 9.05. The number of nitrogens with one attached hydrogen (secondary N) is 1. The van der Waals surface area contributed by atoms with Gasteiger partial charge in [0.05, 0.1) is 17.3 Å². The quantitative estimate of drug-likeness (QED) is 0.660. The number of hydrogen-bond acceptors (Lipinski definition) is 4. The van der Waals surface area contributed by atoms with E-state index in [0.29, 0.717) is 6.42 Å². The molecule has 2 aromatic rings. The minimum absolute atomic E-state index is 0.232. The zero-order valence-corrected chi connectivity index (χ0v) is 14.1. The van der Waals surface area contributed by atoms with Crippen LogP contribution in [0.1, 0.15) is 51.5 Å². The van der Waals surface area contributed by atoms with Crippen molar-refractivity contribution in [1.29, 1.82) is 0 Å². The van der Waals surface area contributed by atoms with E-state index in [1.54, 1.807) is 0 Å². The molecule has 0 atom stereocenters. The molecular weight excluding hydrogens is 290 g/mol. The molecule has 0 unspecified atom stereocenters. The van der Waals surface area contributed by atoms with Gasteiger partial charge in [0.2, 0.25) is 5.91 Å². The van der Waals surface area contributed by atoms with E-state index in [1.807, 2.05) is 17.1 Å². The average Bonchev–Trinajstić information content (AvgIpc) is 2.96. The van der Waals surface area contributed by atoms with Gasteiger partial charge in [0, 0.05) is 25.7 Å². The Kier molecular flexibility index (Phi) is 6.38. The highest BCUT2D eigenvalue weighted by molar-refractivity contribution is 5.90. The SMILES string of the molecule is CCCCNc1c(CCCCC(N)=O)cnc2c1cnn2CC. The van der Waals surface area contributed by atoms with Gasteiger partial charge in [-0.05, 0) is 38.2 Å². The van der Waals surface area contributed by atoms with E-state index >= 15 is 0 Å². The molecule has 1 amide bonds. The summed E-state index contributed by atoms with van der Waals surface area (Å²) in [6.45, 7) is 6.00. The van der Waals surface area contributed by atoms with Crippen LogP contribution in [-0.2, 0) is 17.8 Å². The molecule has 0 aromatic carbocycles. The Morgan fingerprint density at radius 2 is 2.09 bits per heavy atom. The number of rotatable bonds is 10. The second-order valence-electron chi connectivity index (χ2n) is 5.81. The van der Waals surface area contributed by atoms with Crippen molar-refractivity contribution in [2.45, 2.75) is 58.9 Å². The third kappa shape index (κ3) is 4.43. The lowest BCUT2D eigenvalue weighted by molar-refractivity contribution is -0.118. The summed E-state index contributed by atoms with van der Waals surface area (Å²) >= 11 is 0. The molecule has 0 aliphatic heterocycles. The van der Waals surface area contributed by atoms with Gasteiger partial charge in [0.25, 0.3) is 0 Å². The Balaban J connectivity index is 2.19. The Morgan fingerprint density at radius 3 is 2.78 bits per heavy atom. The molecule has 2 aromatic heterocycles. The molecule has 3 N–H and O–H groups in total. The first-order valence-electron chi connectivity index (χ1n) is 8.52. The lowest BCUT2D eigenvalue weighted by atomic mass is 10.1. The Hall–Kier alpha value is -2.11. The summed E-state index contributed by atoms with van der Waals surface area (Å²) in [6, 6.07) is 0. The summed E-state index contributed by atoms with van der Waals surface area (Å²) in [7, 11) is 0. The predicted molar refractivity (Wildman–Crippen MR) is 93.3 cm³/mol. The zero-order valence-electron chi connectivity index (χ0n) is 14.1. The molecule has 0 saturated carbocycles. The van der Waals surface area contributed by atoms with E-state index in [-0.39, 0.29) is 5.91 Å². The molecule has 6 nitrogen and oxygen atoms in total. The summed E-state index contributed by atoms with van der Waals surface area (Å²) in [4.78, 5) is 15.4. The minimum Gasteiger partial charge on any atom is -0.384 e. The van der Waals surface area contributed by atoms with Crippen molar-refractivity contribution in [3.8, 4) is 0 Å². The largest absolute Gasteiger partial charge is 0.384 e. The maximum atomic E-state index is 10.8. The second-order valence-corrected chi connectivity index (χ2v) is 5.81. The van der Waals surface area contributed by atoms with E-state index in [9.17, 15) is 4.79 Å². The Bertz CT molecular complexity index is 650. The molecule has 0 aliphatic carbocycles. The number of aryl methyl sites for hydroxylation is 2. The van der Waals surface area contributed by atoms with Gasteiger partial charge in [-0.3, -0.25) is 4.79 Å². The van der Waals surface area contributed by atoms with Gasteiger partial charge >= 0.3 is 0 Å². The molecular formula is C17H27N5O. The molecule has 23 heavy (non-hydrogen) atoms. The van der Waals surface area contributed by atoms with Crippen LogP contribution >= 0.6 is 0 Å². The number of hydrogen-bond donors (Lipinski definition) is 2. The number of carbonyl (C=O) groups excluding carboxylic acids is 1. The topological polar surface area (TPSA) is 85.8 Å². The number of carbonyl (C=O) groups is 1. The predicted octanol–water partition coefficient (Wildman–Crippen LogP) is 2.86. The number of fused-ring (bicyclic) bond motifs is 1. The maximum absolute atomic E-state index is 10.8. The van der Waals surface area contributed by atoms with E-state index in [1.165, 1.54) is 5.56 Å². The van der Waals surface area contributed by atoms with Gasteiger partial charge in [0.1, 0.15) is 0 Å². The number of pyridine rings is 1. The van der Waals surface area contributed by atoms with Crippen LogP contribution in [0.5, 0.6) is 0 Å². The lowest BCUT2D eigenvalue weighted by Gasteiger charge is -2.13.